The highest BCUT2D eigenvalue weighted by Gasteiger charge is 2.25. The number of hydrogen-bond donors (Lipinski definition) is 0. The third-order valence-corrected chi connectivity index (χ3v) is 12.7. The summed E-state index contributed by atoms with van der Waals surface area (Å²) in [5, 5.41) is 2.15. The Bertz CT molecular complexity index is 3230. The van der Waals surface area contributed by atoms with E-state index in [1.165, 1.54) is 16.7 Å². The second-order valence-electron chi connectivity index (χ2n) is 16.7. The van der Waals surface area contributed by atoms with Gasteiger partial charge in [-0.15, -0.1) is 0 Å². The van der Waals surface area contributed by atoms with E-state index in [9.17, 15) is 0 Å². The van der Waals surface area contributed by atoms with Gasteiger partial charge in [-0.05, 0) is 102 Å². The molecule has 0 fully saturated rings. The quantitative estimate of drug-likeness (QED) is 0.144. The number of fused-ring (bicyclic) bond motifs is 3. The van der Waals surface area contributed by atoms with E-state index in [0.717, 1.165) is 105 Å². The van der Waals surface area contributed by atoms with Gasteiger partial charge in [0.05, 0.1) is 23.3 Å². The lowest BCUT2D eigenvalue weighted by Gasteiger charge is -2.22. The van der Waals surface area contributed by atoms with Gasteiger partial charge in [-0.25, -0.2) is 19.8 Å². The zero-order valence-electron chi connectivity index (χ0n) is 35.0. The van der Waals surface area contributed by atoms with E-state index in [2.05, 4.69) is 185 Å². The van der Waals surface area contributed by atoms with Crippen molar-refractivity contribution in [2.45, 2.75) is 50.4 Å². The summed E-state index contributed by atoms with van der Waals surface area (Å²) >= 11 is 0. The SMILES string of the molecule is [C-]#[N+]c1ccc2c(c1)c1ccccc1n2-c1c(-c2ccc(C3=CCCC=C3)cc2)cc(-c2nc(C3=CCCC=C3)nc(C3C=CC=CC3)n2)cc1-c1ccc(C2C=CC=CC2)cc1. The Hall–Kier alpha value is -7.68. The molecular formula is C58H45N5. The highest BCUT2D eigenvalue weighted by Crippen LogP contribution is 2.45. The Kier molecular flexibility index (Phi) is 10.1. The number of para-hydroxylation sites is 1. The molecule has 0 bridgehead atoms. The number of allylic oxidation sites excluding steroid dienone is 16. The molecule has 0 amide bonds. The van der Waals surface area contributed by atoms with Gasteiger partial charge < -0.3 is 4.57 Å². The molecule has 302 valence electrons. The van der Waals surface area contributed by atoms with Gasteiger partial charge in [-0.1, -0.05) is 158 Å². The van der Waals surface area contributed by atoms with Crippen LogP contribution in [0.25, 0.3) is 77.1 Å². The van der Waals surface area contributed by atoms with Crippen molar-refractivity contribution in [1.29, 1.82) is 0 Å². The fourth-order valence-electron chi connectivity index (χ4n) is 9.49. The second-order valence-corrected chi connectivity index (χ2v) is 16.7. The first-order chi connectivity index (χ1) is 31.2. The van der Waals surface area contributed by atoms with E-state index in [-0.39, 0.29) is 5.92 Å². The Morgan fingerprint density at radius 3 is 1.83 bits per heavy atom. The number of benzene rings is 5. The van der Waals surface area contributed by atoms with Crippen LogP contribution in [0.5, 0.6) is 0 Å². The zero-order valence-corrected chi connectivity index (χ0v) is 35.0. The molecule has 5 heteroatoms. The van der Waals surface area contributed by atoms with E-state index < -0.39 is 0 Å². The van der Waals surface area contributed by atoms with Crippen molar-refractivity contribution in [3.8, 4) is 39.3 Å². The Balaban J connectivity index is 1.21. The molecule has 0 saturated heterocycles. The largest absolute Gasteiger partial charge is 0.308 e. The summed E-state index contributed by atoms with van der Waals surface area (Å²) in [6, 6.07) is 37.4. The van der Waals surface area contributed by atoms with Crippen molar-refractivity contribution in [2.75, 3.05) is 0 Å². The van der Waals surface area contributed by atoms with E-state index in [1.807, 2.05) is 12.1 Å². The van der Waals surface area contributed by atoms with E-state index in [0.29, 0.717) is 23.3 Å². The van der Waals surface area contributed by atoms with Gasteiger partial charge >= 0.3 is 0 Å². The van der Waals surface area contributed by atoms with Crippen LogP contribution in [-0.4, -0.2) is 19.5 Å². The van der Waals surface area contributed by atoms with Gasteiger partial charge in [0.15, 0.2) is 17.3 Å². The van der Waals surface area contributed by atoms with Crippen LogP contribution in [0.1, 0.15) is 73.1 Å². The fourth-order valence-corrected chi connectivity index (χ4v) is 9.49. The van der Waals surface area contributed by atoms with Crippen molar-refractivity contribution in [2.24, 2.45) is 0 Å². The van der Waals surface area contributed by atoms with Gasteiger partial charge in [0.1, 0.15) is 5.82 Å². The maximum Gasteiger partial charge on any atom is 0.188 e. The summed E-state index contributed by atoms with van der Waals surface area (Å²) in [5.74, 6) is 2.52. The standard InChI is InChI=1S/C58H45N5/c1-59-48-34-35-54-52(38-48)49-24-14-15-25-53(49)63(54)55-50(43-30-26-41(27-31-43)39-16-6-2-7-17-39)36-47(37-51(55)44-32-28-42(29-33-44)40-18-8-3-9-19-40)58-61-56(45-20-10-4-11-21-45)60-57(62-58)46-22-12-5-13-23-46/h2,4,6-8,10-12,14-16,18-20,22-39,45H,3,5,9,13,17,21H2. The molecular weight excluding hydrogens is 767 g/mol. The third kappa shape index (κ3) is 7.34. The first kappa shape index (κ1) is 38.3. The lowest BCUT2D eigenvalue weighted by atomic mass is 9.89. The van der Waals surface area contributed by atoms with E-state index in [4.69, 9.17) is 21.5 Å². The lowest BCUT2D eigenvalue weighted by molar-refractivity contribution is 0.756. The van der Waals surface area contributed by atoms with E-state index in [1.54, 1.807) is 0 Å². The molecule has 5 aromatic carbocycles. The second kappa shape index (κ2) is 16.6. The number of rotatable bonds is 8. The average Bonchev–Trinajstić information content (AvgIpc) is 3.70. The topological polar surface area (TPSA) is 48.0 Å². The van der Waals surface area contributed by atoms with Crippen molar-refractivity contribution >= 4 is 38.6 Å². The van der Waals surface area contributed by atoms with Gasteiger partial charge in [-0.2, -0.15) is 0 Å². The highest BCUT2D eigenvalue weighted by atomic mass is 15.0. The number of aromatic nitrogens is 4. The predicted octanol–water partition coefficient (Wildman–Crippen LogP) is 15.2. The van der Waals surface area contributed by atoms with Crippen LogP contribution in [-0.2, 0) is 0 Å². The number of nitrogens with zero attached hydrogens (tertiary/aromatic N) is 5. The van der Waals surface area contributed by atoms with Crippen LogP contribution < -0.4 is 0 Å². The van der Waals surface area contributed by atoms with Gasteiger partial charge in [0.2, 0.25) is 0 Å². The molecule has 0 saturated carbocycles. The average molecular weight is 812 g/mol. The first-order valence-electron chi connectivity index (χ1n) is 22.2. The zero-order chi connectivity index (χ0) is 42.1. The minimum atomic E-state index is 0.0479. The summed E-state index contributed by atoms with van der Waals surface area (Å²) in [6.07, 6.45) is 36.8. The fraction of sp³-hybridized carbons (Fsp3) is 0.138. The Morgan fingerprint density at radius 1 is 0.524 bits per heavy atom. The molecule has 0 radical (unpaired) electrons. The van der Waals surface area contributed by atoms with Crippen LogP contribution >= 0.6 is 0 Å². The lowest BCUT2D eigenvalue weighted by Crippen LogP contribution is -2.10. The molecule has 2 atom stereocenters. The van der Waals surface area contributed by atoms with Crippen LogP contribution in [0.3, 0.4) is 0 Å². The van der Waals surface area contributed by atoms with Gasteiger partial charge in [0, 0.05) is 39.5 Å². The first-order valence-corrected chi connectivity index (χ1v) is 22.2. The molecule has 4 aliphatic carbocycles. The number of hydrogen-bond acceptors (Lipinski definition) is 3. The van der Waals surface area contributed by atoms with Crippen LogP contribution in [0.15, 0.2) is 188 Å². The summed E-state index contributed by atoms with van der Waals surface area (Å²) < 4.78 is 2.41. The van der Waals surface area contributed by atoms with Crippen molar-refractivity contribution < 1.29 is 0 Å². The smallest absolute Gasteiger partial charge is 0.188 e. The molecule has 4 aliphatic rings. The molecule has 63 heavy (non-hydrogen) atoms. The highest BCUT2D eigenvalue weighted by molar-refractivity contribution is 6.11. The Morgan fingerprint density at radius 2 is 1.16 bits per heavy atom. The van der Waals surface area contributed by atoms with Crippen molar-refractivity contribution in [3.05, 3.63) is 222 Å². The summed E-state index contributed by atoms with van der Waals surface area (Å²) in [7, 11) is 0. The summed E-state index contributed by atoms with van der Waals surface area (Å²) in [4.78, 5) is 19.6. The van der Waals surface area contributed by atoms with Gasteiger partial charge in [0.25, 0.3) is 0 Å². The van der Waals surface area contributed by atoms with Crippen molar-refractivity contribution in [1.82, 2.24) is 19.5 Å². The normalized spacial score (nSPS) is 17.9. The van der Waals surface area contributed by atoms with Gasteiger partial charge in [-0.3, -0.25) is 0 Å². The molecule has 2 unspecified atom stereocenters. The van der Waals surface area contributed by atoms with Crippen LogP contribution in [0, 0.1) is 6.57 Å². The molecule has 5 nitrogen and oxygen atoms in total. The van der Waals surface area contributed by atoms with E-state index >= 15 is 0 Å². The molecule has 2 aromatic heterocycles. The maximum atomic E-state index is 7.91. The minimum Gasteiger partial charge on any atom is -0.308 e. The molecule has 2 heterocycles. The maximum absolute atomic E-state index is 7.91. The molecule has 7 aromatic rings. The van der Waals surface area contributed by atoms with Crippen LogP contribution in [0.4, 0.5) is 5.69 Å². The third-order valence-electron chi connectivity index (χ3n) is 12.7. The summed E-state index contributed by atoms with van der Waals surface area (Å²) in [5.41, 5.74) is 13.8. The molecule has 0 aliphatic heterocycles. The summed E-state index contributed by atoms with van der Waals surface area (Å²) in [6.45, 7) is 7.91. The Labute approximate surface area is 368 Å². The molecule has 0 N–H and O–H groups in total. The predicted molar refractivity (Wildman–Crippen MR) is 261 cm³/mol. The minimum absolute atomic E-state index is 0.0479. The monoisotopic (exact) mass is 811 g/mol. The van der Waals surface area contributed by atoms with Crippen molar-refractivity contribution in [3.63, 3.8) is 0 Å². The molecule has 0 spiro atoms. The van der Waals surface area contributed by atoms with Crippen LogP contribution in [0.2, 0.25) is 0 Å². The molecule has 11 rings (SSSR count).